The van der Waals surface area contributed by atoms with E-state index in [1.165, 1.54) is 0 Å². The minimum Gasteiger partial charge on any atom is -0.267 e. The summed E-state index contributed by atoms with van der Waals surface area (Å²) in [5.74, 6) is -0.202. The molecular weight excluding hydrogens is 316 g/mol. The largest absolute Gasteiger partial charge is 0.271 e. The van der Waals surface area contributed by atoms with E-state index in [0.717, 1.165) is 11.4 Å². The van der Waals surface area contributed by atoms with Gasteiger partial charge in [-0.15, -0.1) is 0 Å². The van der Waals surface area contributed by atoms with Crippen LogP contribution in [0.4, 0.5) is 0 Å². The molecule has 1 amide bonds. The van der Waals surface area contributed by atoms with E-state index in [0.29, 0.717) is 15.1 Å². The third-order valence-electron chi connectivity index (χ3n) is 2.66. The molecule has 0 bridgehead atoms. The minimum atomic E-state index is -0.202. The highest BCUT2D eigenvalue weighted by Crippen LogP contribution is 2.21. The normalized spacial score (nSPS) is 10.4. The van der Waals surface area contributed by atoms with E-state index < -0.39 is 0 Å². The second-order valence-electron chi connectivity index (χ2n) is 4.02. The summed E-state index contributed by atoms with van der Waals surface area (Å²) in [5.41, 5.74) is 5.28. The highest BCUT2D eigenvalue weighted by molar-refractivity contribution is 9.10. The number of hydrogen-bond donors (Lipinski definition) is 1. The second-order valence-corrected chi connectivity index (χ2v) is 5.31. The summed E-state index contributed by atoms with van der Waals surface area (Å²) >= 11 is 9.24. The van der Waals surface area contributed by atoms with Crippen molar-refractivity contribution < 1.29 is 4.79 Å². The molecule has 1 aromatic carbocycles. The van der Waals surface area contributed by atoms with Crippen LogP contribution in [0.3, 0.4) is 0 Å². The summed E-state index contributed by atoms with van der Waals surface area (Å²) in [6, 6.07) is 9.02. The van der Waals surface area contributed by atoms with Crippen molar-refractivity contribution in [3.8, 4) is 0 Å². The van der Waals surface area contributed by atoms with Crippen LogP contribution >= 0.6 is 27.5 Å². The molecule has 18 heavy (non-hydrogen) atoms. The number of nitrogens with one attached hydrogen (secondary N) is 1. The van der Waals surface area contributed by atoms with Gasteiger partial charge in [0, 0.05) is 20.9 Å². The second kappa shape index (κ2) is 5.16. The molecule has 0 aliphatic rings. The molecule has 0 saturated carbocycles. The first-order chi connectivity index (χ1) is 8.49. The van der Waals surface area contributed by atoms with Crippen LogP contribution in [0.2, 0.25) is 5.02 Å². The summed E-state index contributed by atoms with van der Waals surface area (Å²) in [4.78, 5) is 12.2. The fourth-order valence-corrected chi connectivity index (χ4v) is 2.28. The number of carbonyl (C=O) groups excluding carboxylic acids is 1. The molecule has 0 fully saturated rings. The van der Waals surface area contributed by atoms with Gasteiger partial charge in [0.25, 0.3) is 5.91 Å². The molecule has 2 rings (SSSR count). The highest BCUT2D eigenvalue weighted by atomic mass is 79.9. The van der Waals surface area contributed by atoms with E-state index in [1.54, 1.807) is 22.9 Å². The number of carbonyl (C=O) groups is 1. The molecule has 0 atom stereocenters. The summed E-state index contributed by atoms with van der Waals surface area (Å²) in [6.07, 6.45) is 0. The number of hydrogen-bond acceptors (Lipinski definition) is 1. The van der Waals surface area contributed by atoms with Gasteiger partial charge in [0.1, 0.15) is 0 Å². The molecule has 0 aliphatic heterocycles. The first-order valence-electron chi connectivity index (χ1n) is 5.40. The van der Waals surface area contributed by atoms with Crippen LogP contribution in [0.1, 0.15) is 21.7 Å². The number of aromatic nitrogens is 1. The van der Waals surface area contributed by atoms with Gasteiger partial charge in [0.05, 0.1) is 5.56 Å². The Morgan fingerprint density at radius 1 is 1.22 bits per heavy atom. The van der Waals surface area contributed by atoms with E-state index in [2.05, 4.69) is 21.4 Å². The van der Waals surface area contributed by atoms with Gasteiger partial charge >= 0.3 is 0 Å². The van der Waals surface area contributed by atoms with Crippen LogP contribution in [0.15, 0.2) is 34.8 Å². The highest BCUT2D eigenvalue weighted by Gasteiger charge is 2.12. The van der Waals surface area contributed by atoms with Crippen molar-refractivity contribution in [2.24, 2.45) is 0 Å². The van der Waals surface area contributed by atoms with Crippen molar-refractivity contribution in [3.05, 3.63) is 56.8 Å². The average molecular weight is 328 g/mol. The smallest absolute Gasteiger partial charge is 0.267 e. The van der Waals surface area contributed by atoms with Crippen molar-refractivity contribution in [1.82, 2.24) is 4.68 Å². The summed E-state index contributed by atoms with van der Waals surface area (Å²) in [6.45, 7) is 3.86. The van der Waals surface area contributed by atoms with Gasteiger partial charge in [0.15, 0.2) is 0 Å². The van der Waals surface area contributed by atoms with Crippen LogP contribution in [-0.4, -0.2) is 10.6 Å². The van der Waals surface area contributed by atoms with Crippen LogP contribution < -0.4 is 5.43 Å². The quantitative estimate of drug-likeness (QED) is 0.891. The van der Waals surface area contributed by atoms with E-state index in [4.69, 9.17) is 11.6 Å². The van der Waals surface area contributed by atoms with Gasteiger partial charge < -0.3 is 0 Å². The number of benzene rings is 1. The molecule has 2 aromatic rings. The third-order valence-corrected chi connectivity index (χ3v) is 3.58. The molecule has 3 nitrogen and oxygen atoms in total. The zero-order valence-corrected chi connectivity index (χ0v) is 12.3. The molecule has 1 aromatic heterocycles. The molecular formula is C13H12BrClN2O. The molecule has 0 radical (unpaired) electrons. The van der Waals surface area contributed by atoms with E-state index in [1.807, 2.05) is 26.0 Å². The van der Waals surface area contributed by atoms with Gasteiger partial charge in [-0.1, -0.05) is 11.6 Å². The first-order valence-corrected chi connectivity index (χ1v) is 6.57. The fraction of sp³-hybridized carbons (Fsp3) is 0.154. The lowest BCUT2D eigenvalue weighted by Gasteiger charge is -2.12. The van der Waals surface area contributed by atoms with Crippen molar-refractivity contribution in [2.45, 2.75) is 13.8 Å². The van der Waals surface area contributed by atoms with Gasteiger partial charge in [-0.25, -0.2) is 0 Å². The molecule has 0 spiro atoms. The number of nitrogens with zero attached hydrogens (tertiary/aromatic N) is 1. The first kappa shape index (κ1) is 13.2. The molecule has 1 N–H and O–H groups in total. The molecule has 0 aliphatic carbocycles. The monoisotopic (exact) mass is 326 g/mol. The number of aryl methyl sites for hydroxylation is 2. The fourth-order valence-electron chi connectivity index (χ4n) is 1.68. The molecule has 94 valence electrons. The molecule has 1 heterocycles. The number of rotatable bonds is 2. The summed E-state index contributed by atoms with van der Waals surface area (Å²) in [5, 5.41) is 0.532. The summed E-state index contributed by atoms with van der Waals surface area (Å²) < 4.78 is 2.46. The van der Waals surface area contributed by atoms with E-state index in [9.17, 15) is 4.79 Å². The average Bonchev–Trinajstić information content (AvgIpc) is 2.64. The van der Waals surface area contributed by atoms with Crippen LogP contribution in [0.5, 0.6) is 0 Å². The Kier molecular flexibility index (Phi) is 3.78. The summed E-state index contributed by atoms with van der Waals surface area (Å²) in [7, 11) is 0. The third kappa shape index (κ3) is 2.60. The van der Waals surface area contributed by atoms with Crippen LogP contribution in [-0.2, 0) is 0 Å². The number of amides is 1. The van der Waals surface area contributed by atoms with Crippen LogP contribution in [0, 0.1) is 13.8 Å². The lowest BCUT2D eigenvalue weighted by Crippen LogP contribution is -2.25. The standard InChI is InChI=1S/C13H12BrClN2O/c1-8-3-4-9(2)17(8)16-13(18)11-7-10(15)5-6-12(11)14/h3-7H,1-2H3,(H,16,18). The Morgan fingerprint density at radius 2 is 1.83 bits per heavy atom. The van der Waals surface area contributed by atoms with Crippen LogP contribution in [0.25, 0.3) is 0 Å². The minimum absolute atomic E-state index is 0.202. The Labute approximate surface area is 119 Å². The Balaban J connectivity index is 2.30. The van der Waals surface area contributed by atoms with Gasteiger partial charge in [-0.3, -0.25) is 14.9 Å². The van der Waals surface area contributed by atoms with Gasteiger partial charge in [-0.05, 0) is 60.1 Å². The predicted molar refractivity (Wildman–Crippen MR) is 76.7 cm³/mol. The maximum absolute atomic E-state index is 12.2. The lowest BCUT2D eigenvalue weighted by atomic mass is 10.2. The van der Waals surface area contributed by atoms with Crippen molar-refractivity contribution >= 4 is 33.4 Å². The lowest BCUT2D eigenvalue weighted by molar-refractivity contribution is 0.101. The number of halogens is 2. The molecule has 0 unspecified atom stereocenters. The van der Waals surface area contributed by atoms with E-state index in [-0.39, 0.29) is 5.91 Å². The van der Waals surface area contributed by atoms with Crippen molar-refractivity contribution in [3.63, 3.8) is 0 Å². The zero-order valence-electron chi connectivity index (χ0n) is 10.00. The maximum atomic E-state index is 12.2. The van der Waals surface area contributed by atoms with Gasteiger partial charge in [0.2, 0.25) is 0 Å². The Hall–Kier alpha value is -1.26. The molecule has 5 heteroatoms. The Morgan fingerprint density at radius 3 is 2.44 bits per heavy atom. The maximum Gasteiger partial charge on any atom is 0.271 e. The van der Waals surface area contributed by atoms with E-state index >= 15 is 0 Å². The van der Waals surface area contributed by atoms with Crippen molar-refractivity contribution in [2.75, 3.05) is 5.43 Å². The van der Waals surface area contributed by atoms with Gasteiger partial charge in [-0.2, -0.15) is 0 Å². The van der Waals surface area contributed by atoms with Crippen molar-refractivity contribution in [1.29, 1.82) is 0 Å². The Bertz CT molecular complexity index is 588. The topological polar surface area (TPSA) is 34.0 Å². The SMILES string of the molecule is Cc1ccc(C)n1NC(=O)c1cc(Cl)ccc1Br. The zero-order chi connectivity index (χ0) is 13.3. The molecule has 0 saturated heterocycles. The predicted octanol–water partition coefficient (Wildman–Crippen LogP) is 3.90.